The zero-order valence-corrected chi connectivity index (χ0v) is 20.3. The summed E-state index contributed by atoms with van der Waals surface area (Å²) in [7, 11) is -3.28. The van der Waals surface area contributed by atoms with Gasteiger partial charge in [-0.3, -0.25) is 9.89 Å². The summed E-state index contributed by atoms with van der Waals surface area (Å²) < 4.78 is 24.6. The van der Waals surface area contributed by atoms with E-state index in [2.05, 4.69) is 48.2 Å². The second kappa shape index (κ2) is 13.3. The fourth-order valence-electron chi connectivity index (χ4n) is 2.78. The minimum absolute atomic E-state index is 0. The molecule has 0 saturated heterocycles. The summed E-state index contributed by atoms with van der Waals surface area (Å²) in [5, 5.41) is 6.29. The van der Waals surface area contributed by atoms with Crippen molar-refractivity contribution in [2.75, 3.05) is 31.9 Å². The monoisotopic (exact) mass is 510 g/mol. The lowest BCUT2D eigenvalue weighted by Crippen LogP contribution is -2.41. The van der Waals surface area contributed by atoms with Crippen molar-refractivity contribution in [3.63, 3.8) is 0 Å². The average molecular weight is 510 g/mol. The van der Waals surface area contributed by atoms with Gasteiger partial charge >= 0.3 is 0 Å². The second-order valence-corrected chi connectivity index (χ2v) is 8.85. The molecule has 0 atom stereocenters. The molecule has 0 bridgehead atoms. The van der Waals surface area contributed by atoms with Gasteiger partial charge in [0.25, 0.3) is 0 Å². The second-order valence-electron chi connectivity index (χ2n) is 6.74. The zero-order chi connectivity index (χ0) is 19.6. The van der Waals surface area contributed by atoms with E-state index >= 15 is 0 Å². The standard InChI is InChI=1S/C19H34N4O2S.HI/c1-6-20-19(21-12-14-23(16(2)3)17(4)5)22-13-15-26(24,25)18-10-8-7-9-11-18;/h7-11,16-17H,6,12-15H2,1-5H3,(H2,20,21,22);1H. The molecule has 6 nitrogen and oxygen atoms in total. The molecule has 0 unspecified atom stereocenters. The predicted octanol–water partition coefficient (Wildman–Crippen LogP) is 2.75. The van der Waals surface area contributed by atoms with Gasteiger partial charge in [0.2, 0.25) is 0 Å². The first kappa shape index (κ1) is 26.1. The van der Waals surface area contributed by atoms with Crippen LogP contribution in [0.25, 0.3) is 0 Å². The fraction of sp³-hybridized carbons (Fsp3) is 0.632. The highest BCUT2D eigenvalue weighted by atomic mass is 127. The summed E-state index contributed by atoms with van der Waals surface area (Å²) in [6.45, 7) is 13.3. The summed E-state index contributed by atoms with van der Waals surface area (Å²) in [4.78, 5) is 7.31. The lowest BCUT2D eigenvalue weighted by atomic mass is 10.2. The molecule has 27 heavy (non-hydrogen) atoms. The van der Waals surface area contributed by atoms with Crippen LogP contribution in [-0.4, -0.2) is 63.3 Å². The van der Waals surface area contributed by atoms with Crippen molar-refractivity contribution in [3.8, 4) is 0 Å². The Morgan fingerprint density at radius 2 is 1.67 bits per heavy atom. The van der Waals surface area contributed by atoms with E-state index in [1.165, 1.54) is 0 Å². The Morgan fingerprint density at radius 3 is 2.19 bits per heavy atom. The minimum Gasteiger partial charge on any atom is -0.357 e. The molecule has 0 radical (unpaired) electrons. The van der Waals surface area contributed by atoms with Crippen LogP contribution in [0, 0.1) is 0 Å². The fourth-order valence-corrected chi connectivity index (χ4v) is 3.96. The molecular formula is C19H35IN4O2S. The Labute approximate surface area is 182 Å². The molecule has 0 aliphatic rings. The van der Waals surface area contributed by atoms with E-state index in [4.69, 9.17) is 0 Å². The third-order valence-corrected chi connectivity index (χ3v) is 5.80. The number of rotatable bonds is 10. The number of nitrogens with one attached hydrogen (secondary N) is 2. The number of halogens is 1. The molecule has 0 fully saturated rings. The van der Waals surface area contributed by atoms with Crippen LogP contribution in [0.2, 0.25) is 0 Å². The molecule has 1 aromatic rings. The Balaban J connectivity index is 0.00000676. The van der Waals surface area contributed by atoms with E-state index in [-0.39, 0.29) is 29.7 Å². The summed E-state index contributed by atoms with van der Waals surface area (Å²) in [5.41, 5.74) is 0. The molecule has 1 aromatic carbocycles. The minimum atomic E-state index is -3.28. The lowest BCUT2D eigenvalue weighted by Gasteiger charge is -2.29. The molecular weight excluding hydrogens is 475 g/mol. The van der Waals surface area contributed by atoms with E-state index in [1.807, 2.05) is 13.0 Å². The number of guanidine groups is 1. The van der Waals surface area contributed by atoms with Crippen molar-refractivity contribution in [1.82, 2.24) is 15.5 Å². The van der Waals surface area contributed by atoms with Gasteiger partial charge in [-0.15, -0.1) is 24.0 Å². The molecule has 0 spiro atoms. The molecule has 0 heterocycles. The molecule has 0 aliphatic carbocycles. The topological polar surface area (TPSA) is 73.8 Å². The van der Waals surface area contributed by atoms with Crippen molar-refractivity contribution in [3.05, 3.63) is 30.3 Å². The van der Waals surface area contributed by atoms with Gasteiger partial charge in [-0.05, 0) is 46.8 Å². The largest absolute Gasteiger partial charge is 0.357 e. The Hall–Kier alpha value is -0.870. The number of sulfone groups is 1. The Morgan fingerprint density at radius 1 is 1.07 bits per heavy atom. The van der Waals surface area contributed by atoms with Crippen molar-refractivity contribution >= 4 is 39.8 Å². The molecule has 1 rings (SSSR count). The highest BCUT2D eigenvalue weighted by Crippen LogP contribution is 2.09. The lowest BCUT2D eigenvalue weighted by molar-refractivity contribution is 0.181. The number of benzene rings is 1. The van der Waals surface area contributed by atoms with E-state index in [1.54, 1.807) is 24.3 Å². The summed E-state index contributed by atoms with van der Waals surface area (Å²) in [6, 6.07) is 9.48. The van der Waals surface area contributed by atoms with Crippen LogP contribution >= 0.6 is 24.0 Å². The van der Waals surface area contributed by atoms with Gasteiger partial charge in [-0.1, -0.05) is 18.2 Å². The highest BCUT2D eigenvalue weighted by Gasteiger charge is 2.14. The summed E-state index contributed by atoms with van der Waals surface area (Å²) >= 11 is 0. The Kier molecular flexibility index (Phi) is 12.9. The van der Waals surface area contributed by atoms with Gasteiger partial charge in [0.1, 0.15) is 0 Å². The molecule has 156 valence electrons. The zero-order valence-electron chi connectivity index (χ0n) is 17.1. The maximum atomic E-state index is 12.3. The smallest absolute Gasteiger partial charge is 0.191 e. The van der Waals surface area contributed by atoms with Crippen molar-refractivity contribution < 1.29 is 8.42 Å². The number of aliphatic imine (C=N–C) groups is 1. The van der Waals surface area contributed by atoms with E-state index in [0.29, 0.717) is 36.0 Å². The molecule has 0 aromatic heterocycles. The first-order valence-corrected chi connectivity index (χ1v) is 11.0. The third-order valence-electron chi connectivity index (χ3n) is 4.06. The first-order valence-electron chi connectivity index (χ1n) is 9.33. The van der Waals surface area contributed by atoms with Gasteiger partial charge < -0.3 is 10.6 Å². The molecule has 0 saturated carbocycles. The average Bonchev–Trinajstić information content (AvgIpc) is 2.58. The van der Waals surface area contributed by atoms with Crippen LogP contribution < -0.4 is 10.6 Å². The molecule has 0 amide bonds. The van der Waals surface area contributed by atoms with E-state index < -0.39 is 9.84 Å². The quantitative estimate of drug-likeness (QED) is 0.288. The van der Waals surface area contributed by atoms with Gasteiger partial charge in [-0.2, -0.15) is 0 Å². The van der Waals surface area contributed by atoms with Gasteiger partial charge in [-0.25, -0.2) is 8.42 Å². The maximum absolute atomic E-state index is 12.3. The molecule has 0 aliphatic heterocycles. The maximum Gasteiger partial charge on any atom is 0.191 e. The third kappa shape index (κ3) is 9.75. The van der Waals surface area contributed by atoms with Crippen LogP contribution in [0.1, 0.15) is 34.6 Å². The van der Waals surface area contributed by atoms with Gasteiger partial charge in [0.05, 0.1) is 17.2 Å². The van der Waals surface area contributed by atoms with Gasteiger partial charge in [0.15, 0.2) is 15.8 Å². The van der Waals surface area contributed by atoms with Gasteiger partial charge in [0, 0.05) is 31.7 Å². The summed E-state index contributed by atoms with van der Waals surface area (Å²) in [5.74, 6) is 0.689. The number of nitrogens with zero attached hydrogens (tertiary/aromatic N) is 2. The molecule has 8 heteroatoms. The van der Waals surface area contributed by atoms with Crippen LogP contribution in [0.15, 0.2) is 40.2 Å². The van der Waals surface area contributed by atoms with E-state index in [9.17, 15) is 8.42 Å². The summed E-state index contributed by atoms with van der Waals surface area (Å²) in [6.07, 6.45) is 0. The van der Waals surface area contributed by atoms with Crippen LogP contribution in [0.4, 0.5) is 0 Å². The first-order chi connectivity index (χ1) is 12.3. The molecule has 2 N–H and O–H groups in total. The Bertz CT molecular complexity index is 641. The van der Waals surface area contributed by atoms with Crippen LogP contribution in [-0.2, 0) is 9.84 Å². The normalized spacial score (nSPS) is 12.4. The van der Waals surface area contributed by atoms with Crippen molar-refractivity contribution in [2.45, 2.75) is 51.6 Å². The highest BCUT2D eigenvalue weighted by molar-refractivity contribution is 14.0. The predicted molar refractivity (Wildman–Crippen MR) is 125 cm³/mol. The van der Waals surface area contributed by atoms with Crippen molar-refractivity contribution in [2.24, 2.45) is 4.99 Å². The SMILES string of the molecule is CCNC(=NCCN(C(C)C)C(C)C)NCCS(=O)(=O)c1ccccc1.I. The number of hydrogen-bond acceptors (Lipinski definition) is 4. The van der Waals surface area contributed by atoms with Crippen LogP contribution in [0.5, 0.6) is 0 Å². The van der Waals surface area contributed by atoms with E-state index in [0.717, 1.165) is 13.1 Å². The van der Waals surface area contributed by atoms with Crippen LogP contribution in [0.3, 0.4) is 0 Å². The number of hydrogen-bond donors (Lipinski definition) is 2. The van der Waals surface area contributed by atoms with Crippen molar-refractivity contribution in [1.29, 1.82) is 0 Å².